The molecule has 1 atom stereocenters. The van der Waals surface area contributed by atoms with Crippen molar-refractivity contribution < 1.29 is 18.0 Å². The zero-order valence-electron chi connectivity index (χ0n) is 22.7. The Hall–Kier alpha value is -3.49. The number of hydrogen-bond acceptors (Lipinski definition) is 4. The molecule has 0 saturated heterocycles. The molecule has 3 rings (SSSR count). The second-order valence-corrected chi connectivity index (χ2v) is 12.0. The van der Waals surface area contributed by atoms with Crippen LogP contribution in [-0.2, 0) is 32.6 Å². The van der Waals surface area contributed by atoms with Crippen molar-refractivity contribution in [1.29, 1.82) is 0 Å². The van der Waals surface area contributed by atoms with E-state index in [0.29, 0.717) is 6.42 Å². The molecule has 0 fully saturated rings. The van der Waals surface area contributed by atoms with E-state index in [1.165, 1.54) is 24.1 Å². The van der Waals surface area contributed by atoms with Gasteiger partial charge in [-0.05, 0) is 51.0 Å². The molecule has 0 aromatic heterocycles. The van der Waals surface area contributed by atoms with E-state index >= 15 is 0 Å². The summed E-state index contributed by atoms with van der Waals surface area (Å²) in [6.45, 7) is 7.35. The number of rotatable bonds is 11. The number of nitrogens with zero attached hydrogens (tertiary/aromatic N) is 2. The van der Waals surface area contributed by atoms with Gasteiger partial charge in [0.15, 0.2) is 0 Å². The highest BCUT2D eigenvalue weighted by Crippen LogP contribution is 2.19. The van der Waals surface area contributed by atoms with E-state index in [4.69, 9.17) is 0 Å². The van der Waals surface area contributed by atoms with Crippen LogP contribution in [0, 0.1) is 13.8 Å². The SMILES string of the molecule is Cc1ccc(CN(C(=O)CN(C)S(=O)(=O)c2ccc(C)cc2)[C@H](Cc2ccccc2)C(=O)NC(C)C)cc1. The number of hydrogen-bond donors (Lipinski definition) is 1. The molecule has 0 radical (unpaired) electrons. The van der Waals surface area contributed by atoms with Gasteiger partial charge in [-0.1, -0.05) is 77.9 Å². The first-order chi connectivity index (χ1) is 18.0. The minimum Gasteiger partial charge on any atom is -0.352 e. The van der Waals surface area contributed by atoms with Crippen LogP contribution >= 0.6 is 0 Å². The predicted octanol–water partition coefficient (Wildman–Crippen LogP) is 4.09. The van der Waals surface area contributed by atoms with Gasteiger partial charge >= 0.3 is 0 Å². The van der Waals surface area contributed by atoms with Gasteiger partial charge in [0.1, 0.15) is 6.04 Å². The van der Waals surface area contributed by atoms with E-state index in [0.717, 1.165) is 26.6 Å². The molecule has 0 saturated carbocycles. The van der Waals surface area contributed by atoms with Crippen molar-refractivity contribution in [3.63, 3.8) is 0 Å². The average Bonchev–Trinajstić information content (AvgIpc) is 2.87. The molecule has 38 heavy (non-hydrogen) atoms. The highest BCUT2D eigenvalue weighted by Gasteiger charge is 2.33. The molecule has 0 aliphatic carbocycles. The monoisotopic (exact) mass is 535 g/mol. The van der Waals surface area contributed by atoms with Crippen molar-refractivity contribution in [2.24, 2.45) is 0 Å². The first kappa shape index (κ1) is 29.1. The normalized spacial score (nSPS) is 12.4. The number of aryl methyl sites for hydroxylation is 2. The van der Waals surface area contributed by atoms with E-state index in [2.05, 4.69) is 5.32 Å². The van der Waals surface area contributed by atoms with Gasteiger partial charge in [-0.3, -0.25) is 9.59 Å². The first-order valence-corrected chi connectivity index (χ1v) is 14.1. The largest absolute Gasteiger partial charge is 0.352 e. The van der Waals surface area contributed by atoms with Gasteiger partial charge in [0.05, 0.1) is 11.4 Å². The summed E-state index contributed by atoms with van der Waals surface area (Å²) in [6, 6.07) is 22.8. The highest BCUT2D eigenvalue weighted by molar-refractivity contribution is 7.89. The Balaban J connectivity index is 1.96. The Morgan fingerprint density at radius 1 is 0.816 bits per heavy atom. The quantitative estimate of drug-likeness (QED) is 0.401. The van der Waals surface area contributed by atoms with E-state index in [1.807, 2.05) is 82.3 Å². The van der Waals surface area contributed by atoms with Crippen LogP contribution in [0.25, 0.3) is 0 Å². The molecular formula is C30H37N3O4S. The first-order valence-electron chi connectivity index (χ1n) is 12.7. The summed E-state index contributed by atoms with van der Waals surface area (Å²) in [5.74, 6) is -0.739. The molecule has 0 spiro atoms. The maximum atomic E-state index is 13.8. The Labute approximate surface area is 226 Å². The third-order valence-corrected chi connectivity index (χ3v) is 8.08. The lowest BCUT2D eigenvalue weighted by molar-refractivity contribution is -0.141. The van der Waals surface area contributed by atoms with E-state index < -0.39 is 28.5 Å². The summed E-state index contributed by atoms with van der Waals surface area (Å²) in [4.78, 5) is 28.9. The van der Waals surface area contributed by atoms with Crippen LogP contribution in [0.4, 0.5) is 0 Å². The number of carbonyl (C=O) groups is 2. The Morgan fingerprint density at radius 3 is 1.92 bits per heavy atom. The standard InChI is InChI=1S/C30H37N3O4S/c1-22(2)31-30(35)28(19-25-9-7-6-8-10-25)33(20-26-15-11-23(3)12-16-26)29(34)21-32(5)38(36,37)27-17-13-24(4)14-18-27/h6-18,22,28H,19-21H2,1-5H3,(H,31,35)/t28-/m1/s1. The van der Waals surface area contributed by atoms with Crippen LogP contribution in [0.5, 0.6) is 0 Å². The number of benzene rings is 3. The lowest BCUT2D eigenvalue weighted by Crippen LogP contribution is -2.53. The average molecular weight is 536 g/mol. The third-order valence-electron chi connectivity index (χ3n) is 6.26. The van der Waals surface area contributed by atoms with Gasteiger partial charge in [-0.15, -0.1) is 0 Å². The van der Waals surface area contributed by atoms with Gasteiger partial charge in [-0.2, -0.15) is 4.31 Å². The fraction of sp³-hybridized carbons (Fsp3) is 0.333. The molecule has 0 bridgehead atoms. The summed E-state index contributed by atoms with van der Waals surface area (Å²) in [7, 11) is -2.51. The molecule has 3 aromatic carbocycles. The van der Waals surface area contributed by atoms with Crippen molar-refractivity contribution in [2.75, 3.05) is 13.6 Å². The van der Waals surface area contributed by atoms with Gasteiger partial charge < -0.3 is 10.2 Å². The number of sulfonamides is 1. The van der Waals surface area contributed by atoms with Crippen molar-refractivity contribution in [1.82, 2.24) is 14.5 Å². The summed E-state index contributed by atoms with van der Waals surface area (Å²) in [5, 5.41) is 2.94. The topological polar surface area (TPSA) is 86.8 Å². The molecule has 1 N–H and O–H groups in total. The number of carbonyl (C=O) groups excluding carboxylic acids is 2. The Bertz CT molecular complexity index is 1320. The minimum absolute atomic E-state index is 0.113. The summed E-state index contributed by atoms with van der Waals surface area (Å²) in [6.07, 6.45) is 0.297. The Morgan fingerprint density at radius 2 is 1.37 bits per heavy atom. The van der Waals surface area contributed by atoms with Gasteiger partial charge in [0, 0.05) is 26.1 Å². The summed E-state index contributed by atoms with van der Waals surface area (Å²) in [5.41, 5.74) is 3.77. The fourth-order valence-corrected chi connectivity index (χ4v) is 5.20. The summed E-state index contributed by atoms with van der Waals surface area (Å²) < 4.78 is 27.5. The van der Waals surface area contributed by atoms with Crippen molar-refractivity contribution in [3.8, 4) is 0 Å². The van der Waals surface area contributed by atoms with Crippen molar-refractivity contribution in [3.05, 3.63) is 101 Å². The maximum absolute atomic E-state index is 13.8. The van der Waals surface area contributed by atoms with Crippen LogP contribution in [0.1, 0.15) is 36.1 Å². The molecule has 8 heteroatoms. The van der Waals surface area contributed by atoms with Crippen molar-refractivity contribution >= 4 is 21.8 Å². The number of amides is 2. The molecule has 202 valence electrons. The zero-order chi connectivity index (χ0) is 27.9. The van der Waals surface area contributed by atoms with Crippen LogP contribution in [0.3, 0.4) is 0 Å². The van der Waals surface area contributed by atoms with E-state index in [1.54, 1.807) is 12.1 Å². The Kier molecular flexibility index (Phi) is 9.83. The van der Waals surface area contributed by atoms with E-state index in [-0.39, 0.29) is 23.4 Å². The van der Waals surface area contributed by atoms with E-state index in [9.17, 15) is 18.0 Å². The lowest BCUT2D eigenvalue weighted by Gasteiger charge is -2.33. The molecule has 3 aromatic rings. The molecule has 2 amide bonds. The second kappa shape index (κ2) is 12.8. The second-order valence-electron chi connectivity index (χ2n) is 9.95. The predicted molar refractivity (Wildman–Crippen MR) is 150 cm³/mol. The number of likely N-dealkylation sites (N-methyl/N-ethyl adjacent to an activating group) is 1. The molecule has 0 aliphatic heterocycles. The third kappa shape index (κ3) is 7.76. The fourth-order valence-electron chi connectivity index (χ4n) is 4.08. The zero-order valence-corrected chi connectivity index (χ0v) is 23.5. The smallest absolute Gasteiger partial charge is 0.243 e. The van der Waals surface area contributed by atoms with Gasteiger partial charge in [-0.25, -0.2) is 8.42 Å². The molecular weight excluding hydrogens is 498 g/mol. The van der Waals surface area contributed by atoms with Crippen LogP contribution < -0.4 is 5.32 Å². The summed E-state index contributed by atoms with van der Waals surface area (Å²) >= 11 is 0. The number of nitrogens with one attached hydrogen (secondary N) is 1. The minimum atomic E-state index is -3.90. The molecule has 0 aliphatic rings. The lowest BCUT2D eigenvalue weighted by atomic mass is 10.0. The molecule has 7 nitrogen and oxygen atoms in total. The van der Waals surface area contributed by atoms with Crippen molar-refractivity contribution in [2.45, 2.75) is 57.6 Å². The maximum Gasteiger partial charge on any atom is 0.243 e. The van der Waals surface area contributed by atoms with Crippen LogP contribution in [0.15, 0.2) is 83.8 Å². The van der Waals surface area contributed by atoms with Gasteiger partial charge in [0.2, 0.25) is 21.8 Å². The van der Waals surface area contributed by atoms with Crippen LogP contribution in [-0.4, -0.2) is 55.1 Å². The highest BCUT2D eigenvalue weighted by atomic mass is 32.2. The molecule has 0 heterocycles. The van der Waals surface area contributed by atoms with Crippen LogP contribution in [0.2, 0.25) is 0 Å². The van der Waals surface area contributed by atoms with Gasteiger partial charge in [0.25, 0.3) is 0 Å². The molecule has 0 unspecified atom stereocenters.